The highest BCUT2D eigenvalue weighted by Crippen LogP contribution is 2.63. The summed E-state index contributed by atoms with van der Waals surface area (Å²) in [6.07, 6.45) is 17.4. The molecule has 0 N–H and O–H groups in total. The molecule has 0 spiro atoms. The predicted octanol–water partition coefficient (Wildman–Crippen LogP) is 10.0. The van der Waals surface area contributed by atoms with Crippen LogP contribution >= 0.6 is 11.8 Å². The summed E-state index contributed by atoms with van der Waals surface area (Å²) in [5, 5.41) is 0. The van der Waals surface area contributed by atoms with Gasteiger partial charge in [-0.15, -0.1) is 6.58 Å². The molecular weight excluding hydrogens is 392 g/mol. The molecule has 2 rings (SSSR count). The van der Waals surface area contributed by atoms with Crippen molar-refractivity contribution >= 4 is 11.8 Å². The van der Waals surface area contributed by atoms with Gasteiger partial charge < -0.3 is 0 Å². The molecule has 0 nitrogen and oxygen atoms in total. The Balaban J connectivity index is 1.83. The van der Waals surface area contributed by atoms with Gasteiger partial charge in [-0.05, 0) is 79.4 Å². The Bertz CT molecular complexity index is 622. The van der Waals surface area contributed by atoms with E-state index in [-0.39, 0.29) is 0 Å². The Morgan fingerprint density at radius 2 is 1.81 bits per heavy atom. The van der Waals surface area contributed by atoms with Crippen molar-refractivity contribution in [3.63, 3.8) is 0 Å². The second kappa shape index (κ2) is 13.1. The smallest absolute Gasteiger partial charge is 0.0184 e. The lowest BCUT2D eigenvalue weighted by molar-refractivity contribution is 0.122. The standard InChI is InChI=1S/C30H50S/c1-7-10-11-13-27(12-8-2)22-26(9-3)23-29(5,6)30(18-19-30)20-21-31-24-28-16-14-25(4)15-17-28/h8,14-17,26-27H,2,7,9-13,18-24H2,1,3-6H3. The van der Waals surface area contributed by atoms with E-state index in [2.05, 4.69) is 83.3 Å². The summed E-state index contributed by atoms with van der Waals surface area (Å²) in [4.78, 5) is 0. The molecule has 1 aromatic carbocycles. The average Bonchev–Trinajstić information content (AvgIpc) is 3.54. The second-order valence-electron chi connectivity index (χ2n) is 11.1. The Morgan fingerprint density at radius 3 is 2.39 bits per heavy atom. The third kappa shape index (κ3) is 8.64. The molecule has 1 saturated carbocycles. The summed E-state index contributed by atoms with van der Waals surface area (Å²) in [6.45, 7) is 16.1. The summed E-state index contributed by atoms with van der Waals surface area (Å²) in [7, 11) is 0. The van der Waals surface area contributed by atoms with Gasteiger partial charge in [0.05, 0.1) is 0 Å². The summed E-state index contributed by atoms with van der Waals surface area (Å²) < 4.78 is 0. The summed E-state index contributed by atoms with van der Waals surface area (Å²) in [5.41, 5.74) is 3.91. The van der Waals surface area contributed by atoms with Crippen LogP contribution in [0.15, 0.2) is 36.9 Å². The summed E-state index contributed by atoms with van der Waals surface area (Å²) >= 11 is 2.14. The van der Waals surface area contributed by atoms with Crippen LogP contribution in [0.25, 0.3) is 0 Å². The molecule has 0 aliphatic heterocycles. The molecule has 0 saturated heterocycles. The van der Waals surface area contributed by atoms with Crippen LogP contribution in [-0.4, -0.2) is 5.75 Å². The quantitative estimate of drug-likeness (QED) is 0.171. The number of aryl methyl sites for hydroxylation is 1. The number of thioether (sulfide) groups is 1. The van der Waals surface area contributed by atoms with Gasteiger partial charge in [0.1, 0.15) is 0 Å². The van der Waals surface area contributed by atoms with Gasteiger partial charge >= 0.3 is 0 Å². The number of hydrogen-bond donors (Lipinski definition) is 0. The Hall–Kier alpha value is -0.690. The van der Waals surface area contributed by atoms with Crippen molar-refractivity contribution in [3.05, 3.63) is 48.0 Å². The maximum absolute atomic E-state index is 4.05. The van der Waals surface area contributed by atoms with Crippen molar-refractivity contribution in [3.8, 4) is 0 Å². The largest absolute Gasteiger partial charge is 0.157 e. The first kappa shape index (κ1) is 26.6. The lowest BCUT2D eigenvalue weighted by atomic mass is 9.67. The van der Waals surface area contributed by atoms with E-state index >= 15 is 0 Å². The molecule has 0 amide bonds. The first-order valence-electron chi connectivity index (χ1n) is 13.1. The maximum Gasteiger partial charge on any atom is 0.0184 e. The number of benzene rings is 1. The van der Waals surface area contributed by atoms with Crippen LogP contribution in [0, 0.1) is 29.6 Å². The molecule has 2 atom stereocenters. The predicted molar refractivity (Wildman–Crippen MR) is 143 cm³/mol. The van der Waals surface area contributed by atoms with Crippen molar-refractivity contribution in [2.24, 2.45) is 22.7 Å². The van der Waals surface area contributed by atoms with Crippen molar-refractivity contribution in [2.45, 2.75) is 111 Å². The molecule has 1 heteroatoms. The van der Waals surface area contributed by atoms with Gasteiger partial charge in [-0.1, -0.05) is 95.7 Å². The van der Waals surface area contributed by atoms with E-state index in [1.165, 1.54) is 87.5 Å². The molecule has 0 bridgehead atoms. The van der Waals surface area contributed by atoms with Crippen LogP contribution < -0.4 is 0 Å². The van der Waals surface area contributed by atoms with Gasteiger partial charge in [0.25, 0.3) is 0 Å². The minimum absolute atomic E-state index is 0.472. The van der Waals surface area contributed by atoms with Crippen LogP contribution in [0.4, 0.5) is 0 Å². The monoisotopic (exact) mass is 442 g/mol. The molecule has 0 radical (unpaired) electrons. The topological polar surface area (TPSA) is 0 Å². The van der Waals surface area contributed by atoms with Gasteiger partial charge in [0.2, 0.25) is 0 Å². The van der Waals surface area contributed by atoms with Crippen LogP contribution in [0.5, 0.6) is 0 Å². The highest BCUT2D eigenvalue weighted by Gasteiger charge is 2.53. The highest BCUT2D eigenvalue weighted by atomic mass is 32.2. The van der Waals surface area contributed by atoms with Crippen LogP contribution in [-0.2, 0) is 5.75 Å². The maximum atomic E-state index is 4.05. The number of hydrogen-bond acceptors (Lipinski definition) is 1. The van der Waals surface area contributed by atoms with Crippen molar-refractivity contribution in [1.82, 2.24) is 0 Å². The number of rotatable bonds is 17. The first-order valence-corrected chi connectivity index (χ1v) is 14.3. The molecule has 2 unspecified atom stereocenters. The van der Waals surface area contributed by atoms with Gasteiger partial charge in [-0.25, -0.2) is 0 Å². The fourth-order valence-corrected chi connectivity index (χ4v) is 6.72. The van der Waals surface area contributed by atoms with E-state index in [4.69, 9.17) is 0 Å². The fourth-order valence-electron chi connectivity index (χ4n) is 5.61. The van der Waals surface area contributed by atoms with Gasteiger partial charge in [0.15, 0.2) is 0 Å². The van der Waals surface area contributed by atoms with Crippen molar-refractivity contribution < 1.29 is 0 Å². The Labute approximate surface area is 199 Å². The zero-order valence-electron chi connectivity index (χ0n) is 21.3. The van der Waals surface area contributed by atoms with Crippen molar-refractivity contribution in [1.29, 1.82) is 0 Å². The molecule has 0 aromatic heterocycles. The molecule has 1 aromatic rings. The van der Waals surface area contributed by atoms with E-state index < -0.39 is 0 Å². The van der Waals surface area contributed by atoms with Crippen LogP contribution in [0.3, 0.4) is 0 Å². The van der Waals surface area contributed by atoms with E-state index in [0.717, 1.165) is 17.6 Å². The van der Waals surface area contributed by atoms with E-state index in [9.17, 15) is 0 Å². The molecule has 31 heavy (non-hydrogen) atoms. The molecular formula is C30H50S. The molecule has 1 aliphatic rings. The Kier molecular flexibility index (Phi) is 11.2. The normalized spacial score (nSPS) is 17.3. The Morgan fingerprint density at radius 1 is 1.10 bits per heavy atom. The lowest BCUT2D eigenvalue weighted by Crippen LogP contribution is -2.29. The second-order valence-corrected chi connectivity index (χ2v) is 12.2. The van der Waals surface area contributed by atoms with Crippen molar-refractivity contribution in [2.75, 3.05) is 5.75 Å². The third-order valence-electron chi connectivity index (χ3n) is 8.16. The third-order valence-corrected chi connectivity index (χ3v) is 9.19. The minimum Gasteiger partial charge on any atom is -0.157 e. The number of unbranched alkanes of at least 4 members (excludes halogenated alkanes) is 2. The van der Waals surface area contributed by atoms with Gasteiger partial charge in [0, 0.05) is 5.75 Å². The van der Waals surface area contributed by atoms with Gasteiger partial charge in [-0.2, -0.15) is 11.8 Å². The van der Waals surface area contributed by atoms with E-state index in [0.29, 0.717) is 10.8 Å². The molecule has 1 fully saturated rings. The van der Waals surface area contributed by atoms with Crippen LogP contribution in [0.1, 0.15) is 109 Å². The zero-order chi connectivity index (χ0) is 22.7. The average molecular weight is 443 g/mol. The van der Waals surface area contributed by atoms with E-state index in [1.54, 1.807) is 0 Å². The fraction of sp³-hybridized carbons (Fsp3) is 0.733. The minimum atomic E-state index is 0.472. The summed E-state index contributed by atoms with van der Waals surface area (Å²) in [5.74, 6) is 4.20. The van der Waals surface area contributed by atoms with Gasteiger partial charge in [-0.3, -0.25) is 0 Å². The highest BCUT2D eigenvalue weighted by molar-refractivity contribution is 7.98. The van der Waals surface area contributed by atoms with Crippen LogP contribution in [0.2, 0.25) is 0 Å². The zero-order valence-corrected chi connectivity index (χ0v) is 22.2. The van der Waals surface area contributed by atoms with E-state index in [1.807, 2.05) is 0 Å². The SMILES string of the molecule is C=CCC(CCCCC)CC(CC)CC(C)(C)C1(CCSCc2ccc(C)cc2)CC1. The first-order chi connectivity index (χ1) is 14.9. The lowest BCUT2D eigenvalue weighted by Gasteiger charge is -2.39. The summed E-state index contributed by atoms with van der Waals surface area (Å²) in [6, 6.07) is 9.08. The molecule has 0 heterocycles. The number of allylic oxidation sites excluding steroid dienone is 1. The molecule has 176 valence electrons. The molecule has 1 aliphatic carbocycles.